The zero-order chi connectivity index (χ0) is 30.8. The Kier molecular flexibility index (Phi) is 9.83. The van der Waals surface area contributed by atoms with Gasteiger partial charge < -0.3 is 34.3 Å². The Hall–Kier alpha value is -5.96. The molecule has 0 aromatic heterocycles. The van der Waals surface area contributed by atoms with E-state index in [4.69, 9.17) is 18.9 Å². The van der Waals surface area contributed by atoms with Crippen molar-refractivity contribution in [2.75, 3.05) is 14.2 Å². The van der Waals surface area contributed by atoms with Gasteiger partial charge in [-0.25, -0.2) is 9.59 Å². The van der Waals surface area contributed by atoms with Gasteiger partial charge in [-0.05, 0) is 82.9 Å². The highest BCUT2D eigenvalue weighted by molar-refractivity contribution is 5.89. The summed E-state index contributed by atoms with van der Waals surface area (Å²) in [7, 11) is 2.87. The van der Waals surface area contributed by atoms with Gasteiger partial charge in [0.05, 0.1) is 14.2 Å². The maximum atomic E-state index is 12.3. The number of carbonyl (C=O) groups is 2. The van der Waals surface area contributed by atoms with E-state index in [9.17, 15) is 24.9 Å². The molecule has 0 radical (unpaired) electrons. The average molecular weight is 581 g/mol. The molecule has 0 bridgehead atoms. The van der Waals surface area contributed by atoms with Crippen LogP contribution in [0.3, 0.4) is 0 Å². The zero-order valence-corrected chi connectivity index (χ0v) is 23.3. The molecule has 0 unspecified atom stereocenters. The van der Waals surface area contributed by atoms with Crippen molar-refractivity contribution in [1.29, 1.82) is 0 Å². The van der Waals surface area contributed by atoms with Gasteiger partial charge in [-0.3, -0.25) is 0 Å². The Bertz CT molecular complexity index is 1700. The Balaban J connectivity index is 1.34. The first-order valence-corrected chi connectivity index (χ1v) is 12.9. The Labute approximate surface area is 247 Å². The summed E-state index contributed by atoms with van der Waals surface area (Å²) in [5.41, 5.74) is 2.66. The summed E-state index contributed by atoms with van der Waals surface area (Å²) >= 11 is 0. The first-order chi connectivity index (χ1) is 20.7. The molecule has 0 fully saturated rings. The minimum Gasteiger partial charge on any atom is -0.508 e. The minimum absolute atomic E-state index is 0.00170. The van der Waals surface area contributed by atoms with Crippen LogP contribution >= 0.6 is 0 Å². The van der Waals surface area contributed by atoms with Crippen LogP contribution in [0.4, 0.5) is 0 Å². The molecule has 43 heavy (non-hydrogen) atoms. The van der Waals surface area contributed by atoms with E-state index in [2.05, 4.69) is 0 Å². The molecule has 0 amide bonds. The molecule has 0 aliphatic heterocycles. The number of phenols is 3. The number of methoxy groups -OCH3 is 2. The van der Waals surface area contributed by atoms with Crippen LogP contribution in [-0.4, -0.2) is 41.5 Å². The number of esters is 2. The maximum absolute atomic E-state index is 12.3. The van der Waals surface area contributed by atoms with Gasteiger partial charge in [0.25, 0.3) is 0 Å². The first-order valence-electron chi connectivity index (χ1n) is 12.9. The molecule has 218 valence electrons. The van der Waals surface area contributed by atoms with Gasteiger partial charge in [0.1, 0.15) is 17.2 Å². The van der Waals surface area contributed by atoms with E-state index >= 15 is 0 Å². The number of hydrogen-bond acceptors (Lipinski definition) is 9. The van der Waals surface area contributed by atoms with Crippen LogP contribution in [0, 0.1) is 0 Å². The van der Waals surface area contributed by atoms with E-state index in [1.807, 2.05) is 0 Å². The third kappa shape index (κ3) is 8.76. The quantitative estimate of drug-likeness (QED) is 0.0864. The fourth-order valence-corrected chi connectivity index (χ4v) is 3.83. The lowest BCUT2D eigenvalue weighted by Crippen LogP contribution is -2.03. The van der Waals surface area contributed by atoms with Crippen molar-refractivity contribution in [2.45, 2.75) is 0 Å². The number of phenolic OH excluding ortho intramolecular Hbond substituents is 3. The third-order valence-corrected chi connectivity index (χ3v) is 5.93. The molecule has 0 saturated carbocycles. The number of benzene rings is 4. The third-order valence-electron chi connectivity index (χ3n) is 5.93. The molecule has 4 aromatic rings. The van der Waals surface area contributed by atoms with Crippen molar-refractivity contribution < 1.29 is 43.9 Å². The van der Waals surface area contributed by atoms with Crippen LogP contribution in [0.1, 0.15) is 22.3 Å². The largest absolute Gasteiger partial charge is 0.508 e. The second-order valence-corrected chi connectivity index (χ2v) is 9.03. The average Bonchev–Trinajstić information content (AvgIpc) is 2.99. The molecule has 9 heteroatoms. The fraction of sp³-hybridized carbons (Fsp3) is 0.0588. The molecule has 9 nitrogen and oxygen atoms in total. The van der Waals surface area contributed by atoms with Crippen LogP contribution in [-0.2, 0) is 9.59 Å². The summed E-state index contributed by atoms with van der Waals surface area (Å²) in [6.07, 6.45) is 9.06. The predicted octanol–water partition coefficient (Wildman–Crippen LogP) is 6.23. The van der Waals surface area contributed by atoms with E-state index < -0.39 is 11.9 Å². The van der Waals surface area contributed by atoms with Crippen LogP contribution in [0.5, 0.6) is 40.2 Å². The SMILES string of the molecule is COc1cc(/C=C/C(=O)Oc2ccc(/C=C\c3cc(O)cc(OC(=O)/C=C/c4ccc(O)c(OC)c4)c3)cc2)ccc1O. The Morgan fingerprint density at radius 3 is 1.56 bits per heavy atom. The second-order valence-electron chi connectivity index (χ2n) is 9.03. The van der Waals surface area contributed by atoms with Gasteiger partial charge in [-0.15, -0.1) is 0 Å². The number of ether oxygens (including phenoxy) is 4. The van der Waals surface area contributed by atoms with Crippen LogP contribution in [0.25, 0.3) is 24.3 Å². The molecule has 0 aliphatic carbocycles. The van der Waals surface area contributed by atoms with Crippen molar-refractivity contribution in [1.82, 2.24) is 0 Å². The van der Waals surface area contributed by atoms with E-state index in [0.29, 0.717) is 28.2 Å². The van der Waals surface area contributed by atoms with Gasteiger partial charge in [0.2, 0.25) is 0 Å². The lowest BCUT2D eigenvalue weighted by Gasteiger charge is -2.05. The van der Waals surface area contributed by atoms with Gasteiger partial charge in [0, 0.05) is 18.2 Å². The topological polar surface area (TPSA) is 132 Å². The lowest BCUT2D eigenvalue weighted by atomic mass is 10.1. The summed E-state index contributed by atoms with van der Waals surface area (Å²) in [6, 6.07) is 20.5. The number of aromatic hydroxyl groups is 3. The summed E-state index contributed by atoms with van der Waals surface area (Å²) in [4.78, 5) is 24.5. The van der Waals surface area contributed by atoms with Crippen LogP contribution in [0.2, 0.25) is 0 Å². The predicted molar refractivity (Wildman–Crippen MR) is 162 cm³/mol. The standard InChI is InChI=1S/C34H28O9/c1-40-31-19-23(7-13-29(31)36)9-15-33(38)42-27-11-5-22(6-12-27)3-4-25-17-26(35)21-28(18-25)43-34(39)16-10-24-8-14-30(37)32(20-24)41-2/h3-21,35-37H,1-2H3/b4-3-,15-9+,16-10+. The number of carbonyl (C=O) groups excluding carboxylic acids is 2. The molecule has 0 aliphatic rings. The second kappa shape index (κ2) is 14.1. The summed E-state index contributed by atoms with van der Waals surface area (Å²) < 4.78 is 20.8. The molecule has 0 atom stereocenters. The molecular weight excluding hydrogens is 552 g/mol. The van der Waals surface area contributed by atoms with Gasteiger partial charge >= 0.3 is 11.9 Å². The normalized spacial score (nSPS) is 11.2. The first kappa shape index (κ1) is 30.0. The highest BCUT2D eigenvalue weighted by Crippen LogP contribution is 2.28. The number of rotatable bonds is 10. The number of hydrogen-bond donors (Lipinski definition) is 3. The summed E-state index contributed by atoms with van der Waals surface area (Å²) in [6.45, 7) is 0. The molecule has 4 aromatic carbocycles. The molecular formula is C34H28O9. The molecule has 0 spiro atoms. The lowest BCUT2D eigenvalue weighted by molar-refractivity contribution is -0.129. The zero-order valence-electron chi connectivity index (χ0n) is 23.3. The van der Waals surface area contributed by atoms with Gasteiger partial charge in [-0.1, -0.05) is 36.4 Å². The molecule has 0 saturated heterocycles. The van der Waals surface area contributed by atoms with Crippen molar-refractivity contribution in [2.24, 2.45) is 0 Å². The van der Waals surface area contributed by atoms with Crippen LogP contribution in [0.15, 0.2) is 91.0 Å². The molecule has 0 heterocycles. The van der Waals surface area contributed by atoms with Crippen molar-refractivity contribution in [3.8, 4) is 40.2 Å². The minimum atomic E-state index is -0.657. The van der Waals surface area contributed by atoms with E-state index in [1.165, 1.54) is 56.7 Å². The summed E-state index contributed by atoms with van der Waals surface area (Å²) in [5.74, 6) is -0.261. The Morgan fingerprint density at radius 1 is 0.535 bits per heavy atom. The monoisotopic (exact) mass is 580 g/mol. The summed E-state index contributed by atoms with van der Waals surface area (Å²) in [5, 5.41) is 29.5. The van der Waals surface area contributed by atoms with Gasteiger partial charge in [-0.2, -0.15) is 0 Å². The maximum Gasteiger partial charge on any atom is 0.336 e. The highest BCUT2D eigenvalue weighted by Gasteiger charge is 2.07. The molecule has 3 N–H and O–H groups in total. The van der Waals surface area contributed by atoms with Crippen molar-refractivity contribution in [3.63, 3.8) is 0 Å². The smallest absolute Gasteiger partial charge is 0.336 e. The van der Waals surface area contributed by atoms with E-state index in [-0.39, 0.29) is 28.7 Å². The Morgan fingerprint density at radius 2 is 1.02 bits per heavy atom. The van der Waals surface area contributed by atoms with E-state index in [0.717, 1.165) is 5.56 Å². The van der Waals surface area contributed by atoms with Crippen molar-refractivity contribution in [3.05, 3.63) is 113 Å². The van der Waals surface area contributed by atoms with Gasteiger partial charge in [0.15, 0.2) is 23.0 Å². The van der Waals surface area contributed by atoms with Crippen LogP contribution < -0.4 is 18.9 Å². The van der Waals surface area contributed by atoms with E-state index in [1.54, 1.807) is 72.8 Å². The highest BCUT2D eigenvalue weighted by atomic mass is 16.5. The van der Waals surface area contributed by atoms with Crippen molar-refractivity contribution >= 4 is 36.2 Å². The fourth-order valence-electron chi connectivity index (χ4n) is 3.83. The molecule has 4 rings (SSSR count).